The van der Waals surface area contributed by atoms with E-state index in [1.165, 1.54) is 20.8 Å². The molecule has 0 aromatic heterocycles. The van der Waals surface area contributed by atoms with E-state index in [9.17, 15) is 17.8 Å². The normalized spacial score (nSPS) is 11.5. The van der Waals surface area contributed by atoms with E-state index in [-0.39, 0.29) is 24.8 Å². The van der Waals surface area contributed by atoms with Crippen LogP contribution >= 0.6 is 0 Å². The molecule has 0 spiro atoms. The van der Waals surface area contributed by atoms with Gasteiger partial charge in [0.1, 0.15) is 0 Å². The first-order chi connectivity index (χ1) is 7.03. The zero-order valence-electron chi connectivity index (χ0n) is 10.5. The number of hydrogen-bond acceptors (Lipinski definition) is 6. The van der Waals surface area contributed by atoms with Crippen LogP contribution in [-0.4, -0.2) is 31.1 Å². The fourth-order valence-corrected chi connectivity index (χ4v) is 1.47. The number of esters is 1. The number of carbonyl (C=O) groups excluding carboxylic acids is 1. The maximum Gasteiger partial charge on any atom is 0.333 e. The van der Waals surface area contributed by atoms with Crippen molar-refractivity contribution in [2.24, 2.45) is 0 Å². The van der Waals surface area contributed by atoms with Crippen LogP contribution in [-0.2, 0) is 24.1 Å². The Balaban J connectivity index is 0. The summed E-state index contributed by atoms with van der Waals surface area (Å²) < 4.78 is 40.1. The fraction of sp³-hybridized carbons (Fsp3) is 0.667. The molecule has 0 fully saturated rings. The van der Waals surface area contributed by atoms with Gasteiger partial charge in [0.25, 0.3) is 0 Å². The van der Waals surface area contributed by atoms with Crippen molar-refractivity contribution in [1.82, 2.24) is 6.15 Å². The first kappa shape index (κ1) is 18.4. The van der Waals surface area contributed by atoms with Crippen molar-refractivity contribution in [1.29, 1.82) is 0 Å². The van der Waals surface area contributed by atoms with E-state index < -0.39 is 22.0 Å². The Morgan fingerprint density at radius 2 is 1.88 bits per heavy atom. The van der Waals surface area contributed by atoms with Gasteiger partial charge in [-0.2, -0.15) is 0 Å². The third-order valence-corrected chi connectivity index (χ3v) is 2.27. The lowest BCUT2D eigenvalue weighted by Gasteiger charge is -2.25. The second-order valence-electron chi connectivity index (χ2n) is 3.92. The smallest absolute Gasteiger partial charge is 0.333 e. The van der Waals surface area contributed by atoms with Gasteiger partial charge in [-0.15, -0.1) is 0 Å². The van der Waals surface area contributed by atoms with Crippen LogP contribution in [0.5, 0.6) is 0 Å². The molecule has 0 aliphatic heterocycles. The van der Waals surface area contributed by atoms with Crippen LogP contribution in [0.1, 0.15) is 27.2 Å². The van der Waals surface area contributed by atoms with E-state index >= 15 is 0 Å². The Hall–Kier alpha value is -0.960. The third-order valence-electron chi connectivity index (χ3n) is 1.61. The van der Waals surface area contributed by atoms with Crippen LogP contribution in [0.25, 0.3) is 0 Å². The maximum atomic E-state index is 11.0. The summed E-state index contributed by atoms with van der Waals surface area (Å²) in [7, 11) is -4.76. The molecule has 0 atom stereocenters. The van der Waals surface area contributed by atoms with E-state index in [0.29, 0.717) is 0 Å². The largest absolute Gasteiger partial charge is 0.726 e. The number of quaternary nitrogens is 1. The zero-order valence-corrected chi connectivity index (χ0v) is 11.3. The van der Waals surface area contributed by atoms with E-state index in [2.05, 4.69) is 10.8 Å². The summed E-state index contributed by atoms with van der Waals surface area (Å²) in [6.07, 6.45) is 0.0908. The highest BCUT2D eigenvalue weighted by Gasteiger charge is 2.22. The average Bonchev–Trinajstić information content (AvgIpc) is 1.98. The van der Waals surface area contributed by atoms with E-state index in [1.54, 1.807) is 0 Å². The number of rotatable bonds is 6. The van der Waals surface area contributed by atoms with Crippen LogP contribution in [0.2, 0.25) is 0 Å². The first-order valence-electron chi connectivity index (χ1n) is 4.52. The zero-order chi connectivity index (χ0) is 13.0. The summed E-state index contributed by atoms with van der Waals surface area (Å²) in [5.74, 6) is -0.569. The highest BCUT2D eigenvalue weighted by atomic mass is 32.3. The number of ether oxygens (including phenoxy) is 1. The molecular formula is C9H19NO6S. The second-order valence-corrected chi connectivity index (χ2v) is 4.90. The molecule has 0 aliphatic rings. The molecule has 0 heterocycles. The Morgan fingerprint density at radius 3 is 2.24 bits per heavy atom. The third kappa shape index (κ3) is 9.94. The molecule has 0 amide bonds. The summed E-state index contributed by atoms with van der Waals surface area (Å²) in [4.78, 5) is 11.0. The van der Waals surface area contributed by atoms with Gasteiger partial charge in [-0.1, -0.05) is 6.58 Å². The van der Waals surface area contributed by atoms with Gasteiger partial charge in [0.05, 0.1) is 12.2 Å². The molecule has 0 aliphatic carbocycles. The van der Waals surface area contributed by atoms with Gasteiger partial charge < -0.3 is 15.4 Å². The van der Waals surface area contributed by atoms with Gasteiger partial charge in [-0.05, 0) is 20.8 Å². The molecule has 0 radical (unpaired) electrons. The van der Waals surface area contributed by atoms with Crippen molar-refractivity contribution in [3.63, 3.8) is 0 Å². The molecule has 17 heavy (non-hydrogen) atoms. The van der Waals surface area contributed by atoms with Crippen molar-refractivity contribution in [2.75, 3.05) is 6.61 Å². The van der Waals surface area contributed by atoms with Crippen LogP contribution in [0, 0.1) is 0 Å². The van der Waals surface area contributed by atoms with Gasteiger partial charge >= 0.3 is 5.97 Å². The number of carbonyl (C=O) groups is 1. The van der Waals surface area contributed by atoms with Crippen molar-refractivity contribution < 1.29 is 26.7 Å². The van der Waals surface area contributed by atoms with Gasteiger partial charge in [-0.3, -0.25) is 4.18 Å². The molecule has 0 bridgehead atoms. The monoisotopic (exact) mass is 269 g/mol. The standard InChI is InChI=1S/C9H16O6S.H3N/c1-7(2)8(10)14-6-5-9(3,4)15-16(11,12)13;/h1,5-6H2,2-4H3,(H,11,12,13);1H3. The van der Waals surface area contributed by atoms with Crippen molar-refractivity contribution in [2.45, 2.75) is 32.8 Å². The van der Waals surface area contributed by atoms with Crippen molar-refractivity contribution in [3.8, 4) is 0 Å². The summed E-state index contributed by atoms with van der Waals surface area (Å²) in [6, 6.07) is 0. The average molecular weight is 269 g/mol. The minimum Gasteiger partial charge on any atom is -0.726 e. The van der Waals surface area contributed by atoms with E-state index in [0.717, 1.165) is 0 Å². The summed E-state index contributed by atoms with van der Waals surface area (Å²) >= 11 is 0. The van der Waals surface area contributed by atoms with Gasteiger partial charge in [0.2, 0.25) is 10.4 Å². The second kappa shape index (κ2) is 6.70. The molecule has 8 heteroatoms. The maximum absolute atomic E-state index is 11.0. The van der Waals surface area contributed by atoms with Crippen LogP contribution in [0.15, 0.2) is 12.2 Å². The molecule has 7 nitrogen and oxygen atoms in total. The molecule has 0 rings (SSSR count). The molecule has 4 N–H and O–H groups in total. The van der Waals surface area contributed by atoms with Crippen LogP contribution < -0.4 is 6.15 Å². The highest BCUT2D eigenvalue weighted by Crippen LogP contribution is 2.17. The lowest BCUT2D eigenvalue weighted by atomic mass is 10.1. The Bertz CT molecular complexity index is 373. The van der Waals surface area contributed by atoms with Gasteiger partial charge in [0, 0.05) is 12.0 Å². The van der Waals surface area contributed by atoms with E-state index in [1.807, 2.05) is 0 Å². The summed E-state index contributed by atoms with van der Waals surface area (Å²) in [5, 5.41) is 0. The SMILES string of the molecule is C=C(C)C(=O)OCCC(C)(C)OS(=O)(=O)[O-].[NH4+]. The summed E-state index contributed by atoms with van der Waals surface area (Å²) in [5.41, 5.74) is -0.953. The van der Waals surface area contributed by atoms with Gasteiger partial charge in [-0.25, -0.2) is 13.2 Å². The van der Waals surface area contributed by atoms with Gasteiger partial charge in [0.15, 0.2) is 0 Å². The molecular weight excluding hydrogens is 250 g/mol. The Labute approximate surface area is 101 Å². The predicted octanol–water partition coefficient (Wildman–Crippen LogP) is 1.13. The van der Waals surface area contributed by atoms with E-state index in [4.69, 9.17) is 4.74 Å². The molecule has 0 aromatic carbocycles. The lowest BCUT2D eigenvalue weighted by Crippen LogP contribution is -2.30. The molecule has 0 saturated heterocycles. The predicted molar refractivity (Wildman–Crippen MR) is 61.2 cm³/mol. The first-order valence-corrected chi connectivity index (χ1v) is 5.86. The fourth-order valence-electron chi connectivity index (χ4n) is 0.831. The lowest BCUT2D eigenvalue weighted by molar-refractivity contribution is -0.139. The molecule has 0 aromatic rings. The van der Waals surface area contributed by atoms with Crippen molar-refractivity contribution >= 4 is 16.4 Å². The highest BCUT2D eigenvalue weighted by molar-refractivity contribution is 7.80. The Kier molecular flexibility index (Phi) is 7.25. The van der Waals surface area contributed by atoms with Crippen LogP contribution in [0.4, 0.5) is 0 Å². The van der Waals surface area contributed by atoms with Crippen LogP contribution in [0.3, 0.4) is 0 Å². The summed E-state index contributed by atoms with van der Waals surface area (Å²) in [6.45, 7) is 7.65. The van der Waals surface area contributed by atoms with Crippen molar-refractivity contribution in [3.05, 3.63) is 12.2 Å². The number of hydrogen-bond donors (Lipinski definition) is 1. The molecule has 0 unspecified atom stereocenters. The minimum atomic E-state index is -4.76. The Morgan fingerprint density at radius 1 is 1.41 bits per heavy atom. The minimum absolute atomic E-state index is 0. The molecule has 0 saturated carbocycles. The topological polar surface area (TPSA) is 129 Å². The molecule has 102 valence electrons. The quantitative estimate of drug-likeness (QED) is 0.333.